The Hall–Kier alpha value is 1.40. The maximum Gasteiger partial charge on any atom is 0.0972 e. The summed E-state index contributed by atoms with van der Waals surface area (Å²) in [5.74, 6) is 0. The van der Waals surface area contributed by atoms with Gasteiger partial charge < -0.3 is 5.11 Å². The van der Waals surface area contributed by atoms with Gasteiger partial charge >= 0.3 is 0 Å². The number of aliphatic hydroxyl groups excluding tert-OH is 1. The molecule has 0 aromatic rings. The van der Waals surface area contributed by atoms with Crippen molar-refractivity contribution in [2.45, 2.75) is 26.8 Å². The second-order valence-electron chi connectivity index (χ2n) is 2.67. The molecule has 1 N–H and O–H groups in total. The zero-order chi connectivity index (χ0) is 7.83. The van der Waals surface area contributed by atoms with Crippen molar-refractivity contribution in [3.05, 3.63) is 0 Å². The van der Waals surface area contributed by atoms with Crippen molar-refractivity contribution >= 4 is 47.8 Å². The van der Waals surface area contributed by atoms with E-state index in [9.17, 15) is 0 Å². The predicted molar refractivity (Wildman–Crippen MR) is 53.2 cm³/mol. The number of halogens is 3. The molecule has 60 valence electrons. The highest BCUT2D eigenvalue weighted by atomic mass is 79.9. The fourth-order valence-corrected chi connectivity index (χ4v) is 3.75. The normalized spacial score (nSPS) is 36.0. The molecule has 1 fully saturated rings. The minimum atomic E-state index is 0.0855. The van der Waals surface area contributed by atoms with Gasteiger partial charge in [0.25, 0.3) is 0 Å². The van der Waals surface area contributed by atoms with Crippen LogP contribution < -0.4 is 0 Å². The Bertz CT molecular complexity index is 137. The number of rotatable bonds is 3. The molecule has 0 spiro atoms. The van der Waals surface area contributed by atoms with E-state index in [0.717, 1.165) is 19.3 Å². The molecule has 1 aliphatic rings. The zero-order valence-corrected chi connectivity index (χ0v) is 10.2. The van der Waals surface area contributed by atoms with Crippen molar-refractivity contribution in [2.75, 3.05) is 6.61 Å². The molecule has 0 amide bonds. The monoisotopic (exact) mass is 334 g/mol. The minimum absolute atomic E-state index is 0.0855. The summed E-state index contributed by atoms with van der Waals surface area (Å²) in [5.41, 5.74) is 0. The highest BCUT2D eigenvalue weighted by Gasteiger charge is 2.62. The van der Waals surface area contributed by atoms with Crippen LogP contribution in [0.4, 0.5) is 0 Å². The Morgan fingerprint density at radius 1 is 1.30 bits per heavy atom. The van der Waals surface area contributed by atoms with Gasteiger partial charge in [0, 0.05) is 6.61 Å². The standard InChI is InChI=1S/C6H9Br3O/c7-5(2-1-3-10)4-6(5,8)9/h10H,1-4H2. The first kappa shape index (κ1) is 9.49. The number of alkyl halides is 3. The summed E-state index contributed by atoms with van der Waals surface area (Å²) >= 11 is 10.7. The van der Waals surface area contributed by atoms with E-state index in [1.165, 1.54) is 0 Å². The van der Waals surface area contributed by atoms with E-state index in [-0.39, 0.29) is 14.2 Å². The van der Waals surface area contributed by atoms with Crippen LogP contribution in [0.15, 0.2) is 0 Å². The van der Waals surface area contributed by atoms with Crippen LogP contribution in [-0.4, -0.2) is 19.3 Å². The Labute approximate surface area is 86.0 Å². The summed E-state index contributed by atoms with van der Waals surface area (Å²) in [6.07, 6.45) is 2.96. The molecule has 0 aromatic carbocycles. The lowest BCUT2D eigenvalue weighted by Gasteiger charge is -2.07. The molecule has 10 heavy (non-hydrogen) atoms. The van der Waals surface area contributed by atoms with Gasteiger partial charge in [-0.1, -0.05) is 47.8 Å². The summed E-state index contributed by atoms with van der Waals surface area (Å²) in [7, 11) is 0. The third-order valence-electron chi connectivity index (χ3n) is 1.76. The highest BCUT2D eigenvalue weighted by molar-refractivity contribution is 9.26. The van der Waals surface area contributed by atoms with Gasteiger partial charge in [-0.25, -0.2) is 0 Å². The Balaban J connectivity index is 2.30. The average Bonchev–Trinajstić information content (AvgIpc) is 2.29. The van der Waals surface area contributed by atoms with Gasteiger partial charge in [0.1, 0.15) is 0 Å². The van der Waals surface area contributed by atoms with Crippen molar-refractivity contribution in [3.63, 3.8) is 0 Å². The lowest BCUT2D eigenvalue weighted by Crippen LogP contribution is -2.07. The van der Waals surface area contributed by atoms with Crippen molar-refractivity contribution in [1.82, 2.24) is 0 Å². The van der Waals surface area contributed by atoms with Gasteiger partial charge in [-0.05, 0) is 19.3 Å². The van der Waals surface area contributed by atoms with Gasteiger partial charge in [-0.3, -0.25) is 0 Å². The molecule has 0 heterocycles. The van der Waals surface area contributed by atoms with Crippen LogP contribution >= 0.6 is 47.8 Å². The molecule has 4 heteroatoms. The van der Waals surface area contributed by atoms with Crippen molar-refractivity contribution < 1.29 is 5.11 Å². The Morgan fingerprint density at radius 3 is 2.10 bits per heavy atom. The summed E-state index contributed by atoms with van der Waals surface area (Å²) in [5, 5.41) is 8.58. The quantitative estimate of drug-likeness (QED) is 0.786. The second-order valence-corrected chi connectivity index (χ2v) is 7.96. The van der Waals surface area contributed by atoms with E-state index in [0.29, 0.717) is 0 Å². The van der Waals surface area contributed by atoms with E-state index < -0.39 is 0 Å². The first-order valence-corrected chi connectivity index (χ1v) is 5.57. The molecular weight excluding hydrogens is 328 g/mol. The van der Waals surface area contributed by atoms with E-state index in [1.54, 1.807) is 0 Å². The third kappa shape index (κ3) is 1.76. The molecule has 0 radical (unpaired) electrons. The SMILES string of the molecule is OCCCC1(Br)CC1(Br)Br. The fourth-order valence-electron chi connectivity index (χ4n) is 0.938. The molecule has 0 aliphatic heterocycles. The smallest absolute Gasteiger partial charge is 0.0972 e. The van der Waals surface area contributed by atoms with Crippen LogP contribution in [-0.2, 0) is 0 Å². The molecule has 1 rings (SSSR count). The van der Waals surface area contributed by atoms with Crippen LogP contribution in [0.25, 0.3) is 0 Å². The molecule has 1 nitrogen and oxygen atoms in total. The molecule has 0 saturated heterocycles. The summed E-state index contributed by atoms with van der Waals surface area (Å²) in [4.78, 5) is 0. The zero-order valence-electron chi connectivity index (χ0n) is 5.41. The van der Waals surface area contributed by atoms with E-state index in [2.05, 4.69) is 47.8 Å². The fraction of sp³-hybridized carbons (Fsp3) is 1.00. The number of hydrogen-bond donors (Lipinski definition) is 1. The maximum absolute atomic E-state index is 8.58. The summed E-state index contributed by atoms with van der Waals surface area (Å²) in [6.45, 7) is 0.281. The topological polar surface area (TPSA) is 20.2 Å². The molecule has 1 saturated carbocycles. The van der Waals surface area contributed by atoms with Crippen LogP contribution in [0, 0.1) is 0 Å². The maximum atomic E-state index is 8.58. The number of aliphatic hydroxyl groups is 1. The Morgan fingerprint density at radius 2 is 1.80 bits per heavy atom. The number of hydrogen-bond acceptors (Lipinski definition) is 1. The molecule has 1 unspecified atom stereocenters. The van der Waals surface area contributed by atoms with E-state index in [4.69, 9.17) is 5.11 Å². The van der Waals surface area contributed by atoms with Crippen LogP contribution in [0.1, 0.15) is 19.3 Å². The van der Waals surface area contributed by atoms with Gasteiger partial charge in [0.2, 0.25) is 0 Å². The lowest BCUT2D eigenvalue weighted by atomic mass is 10.2. The average molecular weight is 337 g/mol. The van der Waals surface area contributed by atoms with Gasteiger partial charge in [-0.15, -0.1) is 0 Å². The van der Waals surface area contributed by atoms with Crippen LogP contribution in [0.2, 0.25) is 0 Å². The van der Waals surface area contributed by atoms with Crippen LogP contribution in [0.5, 0.6) is 0 Å². The van der Waals surface area contributed by atoms with Crippen molar-refractivity contribution in [2.24, 2.45) is 0 Å². The Kier molecular flexibility index (Phi) is 2.88. The van der Waals surface area contributed by atoms with Gasteiger partial charge in [-0.2, -0.15) is 0 Å². The third-order valence-corrected chi connectivity index (χ3v) is 6.26. The van der Waals surface area contributed by atoms with Crippen molar-refractivity contribution in [1.29, 1.82) is 0 Å². The van der Waals surface area contributed by atoms with E-state index >= 15 is 0 Å². The minimum Gasteiger partial charge on any atom is -0.396 e. The predicted octanol–water partition coefficient (Wildman–Crippen LogP) is 2.78. The molecular formula is C6H9Br3O. The molecule has 0 bridgehead atoms. The van der Waals surface area contributed by atoms with Crippen LogP contribution in [0.3, 0.4) is 0 Å². The lowest BCUT2D eigenvalue weighted by molar-refractivity contribution is 0.283. The molecule has 1 aliphatic carbocycles. The van der Waals surface area contributed by atoms with Gasteiger partial charge in [0.15, 0.2) is 0 Å². The highest BCUT2D eigenvalue weighted by Crippen LogP contribution is 2.66. The van der Waals surface area contributed by atoms with Gasteiger partial charge in [0.05, 0.1) is 7.56 Å². The summed E-state index contributed by atoms with van der Waals surface area (Å²) < 4.78 is 0.269. The molecule has 1 atom stereocenters. The first-order chi connectivity index (χ1) is 4.52. The first-order valence-electron chi connectivity index (χ1n) is 3.19. The second kappa shape index (κ2) is 3.04. The molecule has 0 aromatic heterocycles. The summed E-state index contributed by atoms with van der Waals surface area (Å²) in [6, 6.07) is 0. The van der Waals surface area contributed by atoms with Crippen molar-refractivity contribution in [3.8, 4) is 0 Å². The largest absolute Gasteiger partial charge is 0.396 e. The van der Waals surface area contributed by atoms with E-state index in [1.807, 2.05) is 0 Å².